The van der Waals surface area contributed by atoms with Crippen LogP contribution in [0.4, 0.5) is 14.6 Å². The first-order chi connectivity index (χ1) is 15.5. The second-order valence-electron chi connectivity index (χ2n) is 8.73. The lowest BCUT2D eigenvalue weighted by molar-refractivity contribution is -0.109. The van der Waals surface area contributed by atoms with Crippen LogP contribution in [0, 0.1) is 5.92 Å². The molecular formula is C20H24F2N6O3S2. The third-order valence-corrected chi connectivity index (χ3v) is 7.25. The van der Waals surface area contributed by atoms with E-state index in [2.05, 4.69) is 34.1 Å². The normalized spacial score (nSPS) is 24.5. The Balaban J connectivity index is 1.47. The Bertz CT molecular complexity index is 1060. The summed E-state index contributed by atoms with van der Waals surface area (Å²) >= 11 is 2.91. The van der Waals surface area contributed by atoms with Crippen LogP contribution in [0.2, 0.25) is 0 Å². The highest BCUT2D eigenvalue weighted by molar-refractivity contribution is 8.13. The number of hydrogen-bond donors (Lipinski definition) is 2. The van der Waals surface area contributed by atoms with Crippen LogP contribution >= 0.6 is 23.1 Å². The summed E-state index contributed by atoms with van der Waals surface area (Å²) in [6, 6.07) is 0. The van der Waals surface area contributed by atoms with Gasteiger partial charge in [-0.3, -0.25) is 4.79 Å². The zero-order valence-corrected chi connectivity index (χ0v) is 19.9. The monoisotopic (exact) mass is 498 g/mol. The molecule has 178 valence electrons. The van der Waals surface area contributed by atoms with Gasteiger partial charge < -0.3 is 20.5 Å². The Morgan fingerprint density at radius 3 is 2.88 bits per heavy atom. The molecule has 0 aromatic carbocycles. The van der Waals surface area contributed by atoms with Crippen molar-refractivity contribution in [3.8, 4) is 5.88 Å². The van der Waals surface area contributed by atoms with Crippen molar-refractivity contribution in [2.24, 2.45) is 16.6 Å². The number of nitrogens with two attached hydrogens (primary N) is 1. The molecule has 33 heavy (non-hydrogen) atoms. The number of fused-ring (bicyclic) bond motifs is 1. The van der Waals surface area contributed by atoms with Gasteiger partial charge in [-0.1, -0.05) is 11.8 Å². The number of nitrogens with zero attached hydrogens (tertiary/aromatic N) is 4. The number of carbonyl (C=O) groups excluding carboxylic acids is 1. The highest BCUT2D eigenvalue weighted by Gasteiger charge is 2.52. The van der Waals surface area contributed by atoms with Crippen molar-refractivity contribution in [2.75, 3.05) is 24.3 Å². The Labute approximate surface area is 197 Å². The molecule has 4 heterocycles. The predicted molar refractivity (Wildman–Crippen MR) is 122 cm³/mol. The van der Waals surface area contributed by atoms with E-state index in [0.29, 0.717) is 17.6 Å². The highest BCUT2D eigenvalue weighted by Crippen LogP contribution is 2.49. The second-order valence-corrected chi connectivity index (χ2v) is 10.6. The molecule has 0 aliphatic carbocycles. The van der Waals surface area contributed by atoms with Crippen LogP contribution in [0.3, 0.4) is 0 Å². The van der Waals surface area contributed by atoms with E-state index >= 15 is 0 Å². The topological polar surface area (TPSA) is 125 Å². The van der Waals surface area contributed by atoms with Gasteiger partial charge in [0, 0.05) is 24.0 Å². The zero-order chi connectivity index (χ0) is 23.9. The molecule has 13 heteroatoms. The molecule has 4 rings (SSSR count). The number of aliphatic imine (C=N–C) groups is 1. The quantitative estimate of drug-likeness (QED) is 0.622. The average molecular weight is 499 g/mol. The summed E-state index contributed by atoms with van der Waals surface area (Å²) in [4.78, 5) is 29.7. The maximum Gasteiger partial charge on any atom is 0.278 e. The number of halogens is 2. The Morgan fingerprint density at radius 2 is 2.18 bits per heavy atom. The average Bonchev–Trinajstić information content (AvgIpc) is 3.21. The third-order valence-electron chi connectivity index (χ3n) is 5.29. The predicted octanol–water partition coefficient (Wildman–Crippen LogP) is 3.29. The van der Waals surface area contributed by atoms with E-state index in [1.165, 1.54) is 23.1 Å². The minimum absolute atomic E-state index is 0.00437. The number of carbonyl (C=O) groups is 1. The number of amidine groups is 1. The van der Waals surface area contributed by atoms with Gasteiger partial charge in [0.2, 0.25) is 5.88 Å². The first-order valence-electron chi connectivity index (χ1n) is 10.2. The van der Waals surface area contributed by atoms with Gasteiger partial charge in [-0.05, 0) is 20.3 Å². The van der Waals surface area contributed by atoms with E-state index in [-0.39, 0.29) is 23.1 Å². The second kappa shape index (κ2) is 8.76. The zero-order valence-electron chi connectivity index (χ0n) is 18.3. The van der Waals surface area contributed by atoms with Crippen LogP contribution in [-0.4, -0.2) is 56.5 Å². The number of anilines is 1. The molecule has 2 atom stereocenters. The smallest absolute Gasteiger partial charge is 0.278 e. The van der Waals surface area contributed by atoms with E-state index in [9.17, 15) is 13.6 Å². The van der Waals surface area contributed by atoms with E-state index in [1.807, 2.05) is 0 Å². The molecule has 3 N–H and O–H groups in total. The molecule has 0 radical (unpaired) electrons. The van der Waals surface area contributed by atoms with E-state index in [0.717, 1.165) is 36.5 Å². The molecule has 2 aromatic heterocycles. The van der Waals surface area contributed by atoms with Crippen molar-refractivity contribution in [1.29, 1.82) is 0 Å². The summed E-state index contributed by atoms with van der Waals surface area (Å²) in [5.74, 6) is -2.27. The van der Waals surface area contributed by atoms with Gasteiger partial charge in [-0.25, -0.2) is 28.7 Å². The summed E-state index contributed by atoms with van der Waals surface area (Å²) in [5.41, 5.74) is 5.11. The van der Waals surface area contributed by atoms with Gasteiger partial charge in [0.05, 0.1) is 24.6 Å². The standard InChI is InChI=1S/C20H24F2N6O3S2/c1-18(2)4-11-7-33-17(23)28-20(11,10-31-18)16-27-13(8-32-16)26-15(29)12-5-25-14(6-24-12)30-9-19(3,21)22/h5-6,8,11H,4,7,9-10H2,1-3H3,(H2,23,28)(H,26,29)/t11-,20-/m0/s1. The lowest BCUT2D eigenvalue weighted by Crippen LogP contribution is -2.52. The van der Waals surface area contributed by atoms with Crippen molar-refractivity contribution in [2.45, 2.75) is 44.3 Å². The fourth-order valence-electron chi connectivity index (χ4n) is 3.68. The summed E-state index contributed by atoms with van der Waals surface area (Å²) in [5, 5.41) is 5.62. The van der Waals surface area contributed by atoms with Crippen molar-refractivity contribution >= 4 is 40.0 Å². The molecule has 1 amide bonds. The first kappa shape index (κ1) is 23.8. The van der Waals surface area contributed by atoms with Gasteiger partial charge in [0.15, 0.2) is 11.8 Å². The van der Waals surface area contributed by atoms with Gasteiger partial charge in [0.1, 0.15) is 22.1 Å². The van der Waals surface area contributed by atoms with Gasteiger partial charge in [-0.15, -0.1) is 11.3 Å². The van der Waals surface area contributed by atoms with E-state index < -0.39 is 24.0 Å². The van der Waals surface area contributed by atoms with E-state index in [1.54, 1.807) is 5.38 Å². The van der Waals surface area contributed by atoms with Gasteiger partial charge >= 0.3 is 0 Å². The van der Waals surface area contributed by atoms with Crippen LogP contribution < -0.4 is 15.8 Å². The lowest BCUT2D eigenvalue weighted by atomic mass is 9.77. The fourth-order valence-corrected chi connectivity index (χ4v) is 5.64. The Morgan fingerprint density at radius 1 is 1.39 bits per heavy atom. The number of hydrogen-bond acceptors (Lipinski definition) is 10. The molecule has 0 bridgehead atoms. The Kier molecular flexibility index (Phi) is 6.31. The van der Waals surface area contributed by atoms with Crippen molar-refractivity contribution in [3.63, 3.8) is 0 Å². The van der Waals surface area contributed by atoms with Crippen molar-refractivity contribution in [1.82, 2.24) is 15.0 Å². The van der Waals surface area contributed by atoms with Crippen LogP contribution in [0.1, 0.15) is 42.7 Å². The number of rotatable bonds is 6. The van der Waals surface area contributed by atoms with Crippen molar-refractivity contribution < 1.29 is 23.0 Å². The molecule has 2 aromatic rings. The third kappa shape index (κ3) is 5.41. The van der Waals surface area contributed by atoms with Crippen LogP contribution in [0.5, 0.6) is 5.88 Å². The summed E-state index contributed by atoms with van der Waals surface area (Å²) in [6.07, 6.45) is 3.09. The van der Waals surface area contributed by atoms with Crippen LogP contribution in [0.25, 0.3) is 0 Å². The summed E-state index contributed by atoms with van der Waals surface area (Å²) in [7, 11) is 0. The number of ether oxygens (including phenoxy) is 2. The fraction of sp³-hybridized carbons (Fsp3) is 0.550. The number of nitrogens with one attached hydrogen (secondary N) is 1. The summed E-state index contributed by atoms with van der Waals surface area (Å²) in [6.45, 7) is 4.38. The molecule has 2 aliphatic rings. The first-order valence-corrected chi connectivity index (χ1v) is 12.0. The highest BCUT2D eigenvalue weighted by atomic mass is 32.2. The molecule has 0 unspecified atom stereocenters. The van der Waals surface area contributed by atoms with Gasteiger partial charge in [-0.2, -0.15) is 0 Å². The number of amides is 1. The van der Waals surface area contributed by atoms with E-state index in [4.69, 9.17) is 20.2 Å². The van der Waals surface area contributed by atoms with Gasteiger partial charge in [0.25, 0.3) is 11.8 Å². The minimum Gasteiger partial charge on any atom is -0.470 e. The maximum atomic E-state index is 12.9. The number of alkyl halides is 2. The number of thioether (sulfide) groups is 1. The van der Waals surface area contributed by atoms with Crippen LogP contribution in [-0.2, 0) is 10.3 Å². The molecule has 1 fully saturated rings. The molecule has 0 saturated carbocycles. The largest absolute Gasteiger partial charge is 0.470 e. The molecule has 2 aliphatic heterocycles. The molecular weight excluding hydrogens is 474 g/mol. The molecule has 9 nitrogen and oxygen atoms in total. The SMILES string of the molecule is CC(F)(F)COc1cnc(C(=O)Nc2csc([C@]34COC(C)(C)C[C@H]3CSC(N)=N4)n2)cn1. The summed E-state index contributed by atoms with van der Waals surface area (Å²) < 4.78 is 36.7. The molecule has 0 spiro atoms. The van der Waals surface area contributed by atoms with Crippen molar-refractivity contribution in [3.05, 3.63) is 28.5 Å². The number of aromatic nitrogens is 3. The maximum absolute atomic E-state index is 12.9. The molecule has 1 saturated heterocycles. The number of thiazole rings is 1. The van der Waals surface area contributed by atoms with Crippen LogP contribution in [0.15, 0.2) is 22.8 Å². The minimum atomic E-state index is -3.00. The Hall–Kier alpha value is -2.38. The lowest BCUT2D eigenvalue weighted by Gasteiger charge is -2.47.